The maximum atomic E-state index is 10.7. The quantitative estimate of drug-likeness (QED) is 0.601. The van der Waals surface area contributed by atoms with Gasteiger partial charge < -0.3 is 9.64 Å². The van der Waals surface area contributed by atoms with Crippen LogP contribution in [0.2, 0.25) is 0 Å². The highest BCUT2D eigenvalue weighted by Gasteiger charge is 2.22. The zero-order chi connectivity index (χ0) is 14.6. The largest absolute Gasteiger partial charge is 0.492 e. The van der Waals surface area contributed by atoms with Gasteiger partial charge in [-0.3, -0.25) is 10.1 Å². The molecule has 0 spiro atoms. The highest BCUT2D eigenvalue weighted by molar-refractivity contribution is 5.52. The minimum atomic E-state index is -0.577. The van der Waals surface area contributed by atoms with E-state index in [1.807, 2.05) is 32.8 Å². The van der Waals surface area contributed by atoms with Crippen molar-refractivity contribution in [2.24, 2.45) is 0 Å². The van der Waals surface area contributed by atoms with Crippen molar-refractivity contribution in [2.75, 3.05) is 20.7 Å². The number of rotatable bonds is 5. The Hall–Kier alpha value is -2.13. The van der Waals surface area contributed by atoms with Crippen molar-refractivity contribution in [1.82, 2.24) is 4.90 Å². The second-order valence-electron chi connectivity index (χ2n) is 5.04. The lowest BCUT2D eigenvalue weighted by molar-refractivity contribution is -0.385. The molecule has 0 amide bonds. The Labute approximate surface area is 112 Å². The Kier molecular flexibility index (Phi) is 4.46. The van der Waals surface area contributed by atoms with E-state index in [0.717, 1.165) is 0 Å². The first kappa shape index (κ1) is 14.9. The third kappa shape index (κ3) is 3.66. The maximum Gasteiger partial charge on any atom is 0.287 e. The summed E-state index contributed by atoms with van der Waals surface area (Å²) in [4.78, 5) is 12.1. The van der Waals surface area contributed by atoms with Gasteiger partial charge in [-0.05, 0) is 34.0 Å². The van der Waals surface area contributed by atoms with Gasteiger partial charge in [0.1, 0.15) is 24.0 Å². The average Bonchev–Trinajstić information content (AvgIpc) is 2.35. The number of benzene rings is 1. The summed E-state index contributed by atoms with van der Waals surface area (Å²) in [6.07, 6.45) is 0. The molecule has 0 aliphatic heterocycles. The molecule has 1 aromatic carbocycles. The first-order chi connectivity index (χ1) is 8.77. The lowest BCUT2D eigenvalue weighted by atomic mass is 10.1. The number of ether oxygens (including phenoxy) is 1. The van der Waals surface area contributed by atoms with Crippen LogP contribution in [0, 0.1) is 21.4 Å². The molecule has 0 N–H and O–H groups in total. The Bertz CT molecular complexity index is 518. The van der Waals surface area contributed by atoms with Gasteiger partial charge in [-0.1, -0.05) is 0 Å². The van der Waals surface area contributed by atoms with Crippen molar-refractivity contribution < 1.29 is 9.66 Å². The van der Waals surface area contributed by atoms with Crippen molar-refractivity contribution in [3.63, 3.8) is 0 Å². The van der Waals surface area contributed by atoms with Gasteiger partial charge in [0.25, 0.3) is 5.69 Å². The van der Waals surface area contributed by atoms with E-state index in [2.05, 4.69) is 0 Å². The van der Waals surface area contributed by atoms with Gasteiger partial charge in [0.05, 0.1) is 4.92 Å². The Balaban J connectivity index is 2.88. The molecule has 0 aliphatic carbocycles. The van der Waals surface area contributed by atoms with E-state index >= 15 is 0 Å². The van der Waals surface area contributed by atoms with Gasteiger partial charge in [0, 0.05) is 17.7 Å². The Morgan fingerprint density at radius 2 is 2.11 bits per heavy atom. The van der Waals surface area contributed by atoms with Crippen LogP contribution in [-0.2, 0) is 0 Å². The molecule has 0 bridgehead atoms. The third-order valence-electron chi connectivity index (χ3n) is 3.09. The highest BCUT2D eigenvalue weighted by atomic mass is 16.6. The SMILES string of the molecule is CN(C)C(C)(C)COc1ccc([N+](=O)[O-])c(C#N)c1. The van der Waals surface area contributed by atoms with Gasteiger partial charge >= 0.3 is 0 Å². The van der Waals surface area contributed by atoms with Crippen molar-refractivity contribution in [1.29, 1.82) is 5.26 Å². The third-order valence-corrected chi connectivity index (χ3v) is 3.09. The van der Waals surface area contributed by atoms with Crippen LogP contribution < -0.4 is 4.74 Å². The first-order valence-corrected chi connectivity index (χ1v) is 5.76. The topological polar surface area (TPSA) is 79.4 Å². The zero-order valence-corrected chi connectivity index (χ0v) is 11.5. The number of nitro groups is 1. The van der Waals surface area contributed by atoms with Crippen LogP contribution in [0.5, 0.6) is 5.75 Å². The van der Waals surface area contributed by atoms with E-state index in [0.29, 0.717) is 12.4 Å². The maximum absolute atomic E-state index is 10.7. The van der Waals surface area contributed by atoms with E-state index in [-0.39, 0.29) is 16.8 Å². The van der Waals surface area contributed by atoms with Crippen LogP contribution in [0.4, 0.5) is 5.69 Å². The summed E-state index contributed by atoms with van der Waals surface area (Å²) in [5, 5.41) is 19.6. The van der Waals surface area contributed by atoms with Gasteiger partial charge in [-0.25, -0.2) is 0 Å². The molecule has 1 rings (SSSR count). The molecule has 19 heavy (non-hydrogen) atoms. The smallest absolute Gasteiger partial charge is 0.287 e. The predicted molar refractivity (Wildman–Crippen MR) is 71.1 cm³/mol. The lowest BCUT2D eigenvalue weighted by Crippen LogP contribution is -2.43. The van der Waals surface area contributed by atoms with Gasteiger partial charge in [-0.2, -0.15) is 5.26 Å². The minimum Gasteiger partial charge on any atom is -0.492 e. The van der Waals surface area contributed by atoms with Crippen molar-refractivity contribution in [3.8, 4) is 11.8 Å². The molecule has 1 aromatic rings. The summed E-state index contributed by atoms with van der Waals surface area (Å²) in [6, 6.07) is 5.99. The lowest BCUT2D eigenvalue weighted by Gasteiger charge is -2.32. The number of nitrogens with zero attached hydrogens (tertiary/aromatic N) is 3. The monoisotopic (exact) mass is 263 g/mol. The van der Waals surface area contributed by atoms with Crippen LogP contribution in [0.25, 0.3) is 0 Å². The van der Waals surface area contributed by atoms with Crippen LogP contribution in [-0.4, -0.2) is 36.1 Å². The molecule has 0 fully saturated rings. The molecule has 0 saturated heterocycles. The molecular formula is C13H17N3O3. The van der Waals surface area contributed by atoms with E-state index in [4.69, 9.17) is 10.00 Å². The minimum absolute atomic E-state index is 0.00478. The first-order valence-electron chi connectivity index (χ1n) is 5.76. The van der Waals surface area contributed by atoms with Crippen molar-refractivity contribution >= 4 is 5.69 Å². The van der Waals surface area contributed by atoms with Crippen LogP contribution in [0.3, 0.4) is 0 Å². The summed E-state index contributed by atoms with van der Waals surface area (Å²) in [5.41, 5.74) is -0.374. The Morgan fingerprint density at radius 1 is 1.47 bits per heavy atom. The molecule has 0 aromatic heterocycles. The van der Waals surface area contributed by atoms with Gasteiger partial charge in [0.2, 0.25) is 0 Å². The zero-order valence-electron chi connectivity index (χ0n) is 11.5. The number of likely N-dealkylation sites (N-methyl/N-ethyl adjacent to an activating group) is 1. The number of nitriles is 1. The van der Waals surface area contributed by atoms with Gasteiger partial charge in [-0.15, -0.1) is 0 Å². The molecule has 0 unspecified atom stereocenters. The molecule has 0 radical (unpaired) electrons. The molecule has 6 nitrogen and oxygen atoms in total. The molecule has 0 atom stereocenters. The summed E-state index contributed by atoms with van der Waals surface area (Å²) in [7, 11) is 3.89. The summed E-state index contributed by atoms with van der Waals surface area (Å²) in [6.45, 7) is 4.45. The summed E-state index contributed by atoms with van der Waals surface area (Å²) >= 11 is 0. The Morgan fingerprint density at radius 3 is 2.58 bits per heavy atom. The summed E-state index contributed by atoms with van der Waals surface area (Å²) < 4.78 is 5.59. The van der Waals surface area contributed by atoms with Gasteiger partial charge in [0.15, 0.2) is 0 Å². The fourth-order valence-electron chi connectivity index (χ4n) is 1.24. The molecule has 102 valence electrons. The van der Waals surface area contributed by atoms with E-state index in [9.17, 15) is 10.1 Å². The van der Waals surface area contributed by atoms with E-state index < -0.39 is 4.92 Å². The average molecular weight is 263 g/mol. The van der Waals surface area contributed by atoms with Crippen LogP contribution in [0.15, 0.2) is 18.2 Å². The molecule has 6 heteroatoms. The predicted octanol–water partition coefficient (Wildman–Crippen LogP) is 2.19. The second-order valence-corrected chi connectivity index (χ2v) is 5.04. The molecule has 0 heterocycles. The molecule has 0 saturated carbocycles. The molecule has 0 aliphatic rings. The highest BCUT2D eigenvalue weighted by Crippen LogP contribution is 2.24. The number of hydrogen-bond donors (Lipinski definition) is 0. The number of nitro benzene ring substituents is 1. The van der Waals surface area contributed by atoms with Crippen molar-refractivity contribution in [2.45, 2.75) is 19.4 Å². The fraction of sp³-hybridized carbons (Fsp3) is 0.462. The van der Waals surface area contributed by atoms with E-state index in [1.54, 1.807) is 6.07 Å². The standard InChI is InChI=1S/C13H17N3O3/c1-13(2,15(3)4)9-19-11-5-6-12(16(17)18)10(7-11)8-14/h5-7H,9H2,1-4H3. The normalized spacial score (nSPS) is 11.2. The molecular weight excluding hydrogens is 246 g/mol. The number of hydrogen-bond acceptors (Lipinski definition) is 5. The fourth-order valence-corrected chi connectivity index (χ4v) is 1.24. The second kappa shape index (κ2) is 5.67. The van der Waals surface area contributed by atoms with E-state index in [1.165, 1.54) is 18.2 Å². The summed E-state index contributed by atoms with van der Waals surface area (Å²) in [5.74, 6) is 0.456. The van der Waals surface area contributed by atoms with Crippen molar-refractivity contribution in [3.05, 3.63) is 33.9 Å². The van der Waals surface area contributed by atoms with Crippen LogP contribution in [0.1, 0.15) is 19.4 Å². The van der Waals surface area contributed by atoms with Crippen LogP contribution >= 0.6 is 0 Å².